The van der Waals surface area contributed by atoms with Crippen molar-refractivity contribution in [3.63, 3.8) is 0 Å². The van der Waals surface area contributed by atoms with Crippen LogP contribution in [0.5, 0.6) is 5.75 Å². The number of carbonyl (C=O) groups excluding carboxylic acids is 1. The Balaban J connectivity index is 2.36. The lowest BCUT2D eigenvalue weighted by molar-refractivity contribution is -0.118. The highest BCUT2D eigenvalue weighted by Gasteiger charge is 2.18. The zero-order chi connectivity index (χ0) is 15.8. The monoisotopic (exact) mass is 309 g/mol. The summed E-state index contributed by atoms with van der Waals surface area (Å²) in [6, 6.07) is 7.77. The molecule has 1 amide bonds. The first-order valence-electron chi connectivity index (χ1n) is 7.47. The molecule has 0 radical (unpaired) electrons. The Morgan fingerprint density at radius 2 is 1.71 bits per heavy atom. The zero-order valence-electron chi connectivity index (χ0n) is 13.7. The van der Waals surface area contributed by atoms with Crippen molar-refractivity contribution in [2.24, 2.45) is 17.8 Å². The van der Waals surface area contributed by atoms with Gasteiger partial charge in [0.05, 0.1) is 12.9 Å². The van der Waals surface area contributed by atoms with Crippen LogP contribution in [0.3, 0.4) is 0 Å². The molecular formula is C17H27NO2S. The van der Waals surface area contributed by atoms with Crippen LogP contribution in [0.1, 0.15) is 27.7 Å². The quantitative estimate of drug-likeness (QED) is 0.742. The first-order chi connectivity index (χ1) is 9.93. The third-order valence-electron chi connectivity index (χ3n) is 3.68. The molecule has 4 heteroatoms. The first kappa shape index (κ1) is 17.9. The Morgan fingerprint density at radius 1 is 1.14 bits per heavy atom. The van der Waals surface area contributed by atoms with E-state index >= 15 is 0 Å². The molecule has 0 aliphatic carbocycles. The molecule has 0 aliphatic rings. The predicted octanol–water partition coefficient (Wildman–Crippen LogP) is 3.83. The van der Waals surface area contributed by atoms with Gasteiger partial charge in [-0.05, 0) is 42.0 Å². The molecule has 1 rings (SSSR count). The third kappa shape index (κ3) is 6.42. The summed E-state index contributed by atoms with van der Waals surface area (Å²) in [5, 5.41) is 3.05. The van der Waals surface area contributed by atoms with Crippen LogP contribution < -0.4 is 10.1 Å². The summed E-state index contributed by atoms with van der Waals surface area (Å²) in [5.74, 6) is 3.08. The average Bonchev–Trinajstić information content (AvgIpc) is 2.45. The Labute approximate surface area is 132 Å². The lowest BCUT2D eigenvalue weighted by atomic mass is 9.85. The van der Waals surface area contributed by atoms with E-state index in [0.29, 0.717) is 23.5 Å². The van der Waals surface area contributed by atoms with Gasteiger partial charge in [0.25, 0.3) is 0 Å². The molecule has 0 heterocycles. The molecule has 0 aromatic heterocycles. The number of hydrogen-bond acceptors (Lipinski definition) is 3. The van der Waals surface area contributed by atoms with E-state index in [4.69, 9.17) is 4.74 Å². The Kier molecular flexibility index (Phi) is 7.65. The second kappa shape index (κ2) is 8.98. The van der Waals surface area contributed by atoms with Crippen molar-refractivity contribution in [3.8, 4) is 5.75 Å². The van der Waals surface area contributed by atoms with Gasteiger partial charge in [0.2, 0.25) is 5.91 Å². The van der Waals surface area contributed by atoms with Crippen LogP contribution >= 0.6 is 11.8 Å². The Hall–Kier alpha value is -1.16. The van der Waals surface area contributed by atoms with Crippen molar-refractivity contribution in [3.05, 3.63) is 24.3 Å². The van der Waals surface area contributed by atoms with Gasteiger partial charge in [-0.15, -0.1) is 11.8 Å². The van der Waals surface area contributed by atoms with E-state index in [-0.39, 0.29) is 5.91 Å². The van der Waals surface area contributed by atoms with Crippen molar-refractivity contribution >= 4 is 17.7 Å². The summed E-state index contributed by atoms with van der Waals surface area (Å²) in [5.41, 5.74) is 0. The smallest absolute Gasteiger partial charge is 0.230 e. The van der Waals surface area contributed by atoms with Gasteiger partial charge >= 0.3 is 0 Å². The molecule has 118 valence electrons. The lowest BCUT2D eigenvalue weighted by Crippen LogP contribution is -2.34. The molecule has 1 aromatic carbocycles. The summed E-state index contributed by atoms with van der Waals surface area (Å²) < 4.78 is 5.12. The van der Waals surface area contributed by atoms with Gasteiger partial charge in [-0.25, -0.2) is 0 Å². The second-order valence-electron chi connectivity index (χ2n) is 5.92. The van der Waals surface area contributed by atoms with Crippen LogP contribution in [0, 0.1) is 17.8 Å². The number of ether oxygens (including phenoxy) is 1. The average molecular weight is 309 g/mol. The van der Waals surface area contributed by atoms with Gasteiger partial charge in [0, 0.05) is 11.4 Å². The summed E-state index contributed by atoms with van der Waals surface area (Å²) >= 11 is 1.55. The maximum atomic E-state index is 11.9. The van der Waals surface area contributed by atoms with Crippen molar-refractivity contribution in [2.45, 2.75) is 32.6 Å². The fourth-order valence-electron chi connectivity index (χ4n) is 2.34. The molecule has 0 unspecified atom stereocenters. The predicted molar refractivity (Wildman–Crippen MR) is 89.9 cm³/mol. The minimum atomic E-state index is 0.0992. The number of thioether (sulfide) groups is 1. The van der Waals surface area contributed by atoms with E-state index in [0.717, 1.165) is 17.2 Å². The highest BCUT2D eigenvalue weighted by atomic mass is 32.2. The summed E-state index contributed by atoms with van der Waals surface area (Å²) in [4.78, 5) is 13.0. The molecule has 0 fully saturated rings. The SMILES string of the molecule is COc1ccc(SCC(=O)NCC(C(C)C)C(C)C)cc1. The van der Waals surface area contributed by atoms with Gasteiger partial charge in [-0.3, -0.25) is 4.79 Å². The number of rotatable bonds is 8. The van der Waals surface area contributed by atoms with E-state index in [2.05, 4.69) is 33.0 Å². The van der Waals surface area contributed by atoms with E-state index in [1.165, 1.54) is 0 Å². The minimum Gasteiger partial charge on any atom is -0.497 e. The number of carbonyl (C=O) groups is 1. The number of amides is 1. The molecular weight excluding hydrogens is 282 g/mol. The highest BCUT2D eigenvalue weighted by molar-refractivity contribution is 8.00. The van der Waals surface area contributed by atoms with Crippen molar-refractivity contribution in [1.29, 1.82) is 0 Å². The van der Waals surface area contributed by atoms with Crippen LogP contribution in [0.2, 0.25) is 0 Å². The maximum absolute atomic E-state index is 11.9. The first-order valence-corrected chi connectivity index (χ1v) is 8.46. The molecule has 0 saturated heterocycles. The van der Waals surface area contributed by atoms with Crippen molar-refractivity contribution in [1.82, 2.24) is 5.32 Å². The number of hydrogen-bond donors (Lipinski definition) is 1. The molecule has 21 heavy (non-hydrogen) atoms. The van der Waals surface area contributed by atoms with E-state index in [1.807, 2.05) is 24.3 Å². The maximum Gasteiger partial charge on any atom is 0.230 e. The molecule has 0 atom stereocenters. The molecule has 1 aromatic rings. The van der Waals surface area contributed by atoms with Crippen LogP contribution in [0.15, 0.2) is 29.2 Å². The number of methoxy groups -OCH3 is 1. The van der Waals surface area contributed by atoms with Gasteiger partial charge < -0.3 is 10.1 Å². The van der Waals surface area contributed by atoms with Crippen molar-refractivity contribution in [2.75, 3.05) is 19.4 Å². The van der Waals surface area contributed by atoms with Gasteiger partial charge in [-0.2, -0.15) is 0 Å². The summed E-state index contributed by atoms with van der Waals surface area (Å²) in [6.45, 7) is 9.61. The third-order valence-corrected chi connectivity index (χ3v) is 4.69. The Morgan fingerprint density at radius 3 is 2.19 bits per heavy atom. The van der Waals surface area contributed by atoms with E-state index in [1.54, 1.807) is 18.9 Å². The Bertz CT molecular complexity index is 421. The van der Waals surface area contributed by atoms with E-state index in [9.17, 15) is 4.79 Å². The highest BCUT2D eigenvalue weighted by Crippen LogP contribution is 2.22. The standard InChI is InChI=1S/C17H27NO2S/c1-12(2)16(13(3)4)10-18-17(19)11-21-15-8-6-14(20-5)7-9-15/h6-9,12-13,16H,10-11H2,1-5H3,(H,18,19). The normalized spacial score (nSPS) is 11.2. The topological polar surface area (TPSA) is 38.3 Å². The van der Waals surface area contributed by atoms with Crippen LogP contribution in [-0.4, -0.2) is 25.3 Å². The minimum absolute atomic E-state index is 0.0992. The molecule has 0 bridgehead atoms. The lowest BCUT2D eigenvalue weighted by Gasteiger charge is -2.25. The zero-order valence-corrected chi connectivity index (χ0v) is 14.5. The van der Waals surface area contributed by atoms with Gasteiger partial charge in [0.15, 0.2) is 0 Å². The fraction of sp³-hybridized carbons (Fsp3) is 0.588. The molecule has 0 spiro atoms. The summed E-state index contributed by atoms with van der Waals surface area (Å²) in [6.07, 6.45) is 0. The van der Waals surface area contributed by atoms with Crippen LogP contribution in [0.25, 0.3) is 0 Å². The van der Waals surface area contributed by atoms with Crippen LogP contribution in [0.4, 0.5) is 0 Å². The van der Waals surface area contributed by atoms with E-state index < -0.39 is 0 Å². The van der Waals surface area contributed by atoms with Crippen molar-refractivity contribution < 1.29 is 9.53 Å². The molecule has 1 N–H and O–H groups in total. The summed E-state index contributed by atoms with van der Waals surface area (Å²) in [7, 11) is 1.65. The van der Waals surface area contributed by atoms with Gasteiger partial charge in [-0.1, -0.05) is 27.7 Å². The van der Waals surface area contributed by atoms with Crippen LogP contribution in [-0.2, 0) is 4.79 Å². The number of benzene rings is 1. The molecule has 0 saturated carbocycles. The van der Waals surface area contributed by atoms with Gasteiger partial charge in [0.1, 0.15) is 5.75 Å². The number of nitrogens with one attached hydrogen (secondary N) is 1. The largest absolute Gasteiger partial charge is 0.497 e. The second-order valence-corrected chi connectivity index (χ2v) is 6.97. The molecule has 0 aliphatic heterocycles. The fourth-order valence-corrected chi connectivity index (χ4v) is 3.07. The molecule has 3 nitrogen and oxygen atoms in total.